The molecule has 134 valence electrons. The van der Waals surface area contributed by atoms with Gasteiger partial charge in [-0.25, -0.2) is 0 Å². The predicted molar refractivity (Wildman–Crippen MR) is 94.6 cm³/mol. The second-order valence-corrected chi connectivity index (χ2v) is 6.98. The van der Waals surface area contributed by atoms with Crippen molar-refractivity contribution in [3.63, 3.8) is 0 Å². The fourth-order valence-corrected chi connectivity index (χ4v) is 3.26. The van der Waals surface area contributed by atoms with Gasteiger partial charge in [0.25, 0.3) is 0 Å². The van der Waals surface area contributed by atoms with Crippen molar-refractivity contribution in [1.29, 1.82) is 0 Å². The first-order chi connectivity index (χ1) is 12.3. The Morgan fingerprint density at radius 1 is 1.16 bits per heavy atom. The van der Waals surface area contributed by atoms with Crippen LogP contribution in [0.3, 0.4) is 0 Å². The van der Waals surface area contributed by atoms with Gasteiger partial charge in [-0.2, -0.15) is 4.98 Å². The van der Waals surface area contributed by atoms with Crippen molar-refractivity contribution in [2.45, 2.75) is 31.7 Å². The van der Waals surface area contributed by atoms with E-state index in [0.717, 1.165) is 56.8 Å². The normalized spacial score (nSPS) is 20.5. The van der Waals surface area contributed by atoms with Crippen molar-refractivity contribution >= 4 is 0 Å². The Morgan fingerprint density at radius 2 is 1.92 bits per heavy atom. The predicted octanol–water partition coefficient (Wildman–Crippen LogP) is 2.70. The molecule has 1 aliphatic carbocycles. The van der Waals surface area contributed by atoms with Crippen LogP contribution in [0.1, 0.15) is 43.4 Å². The number of hydrogen-bond acceptors (Lipinski definition) is 6. The summed E-state index contributed by atoms with van der Waals surface area (Å²) in [6.07, 6.45) is 2.41. The molecule has 1 aliphatic heterocycles. The molecule has 1 saturated carbocycles. The third-order valence-corrected chi connectivity index (χ3v) is 5.13. The summed E-state index contributed by atoms with van der Waals surface area (Å²) in [5, 5.41) is 4.14. The lowest BCUT2D eigenvalue weighted by molar-refractivity contribution is 0.0800. The van der Waals surface area contributed by atoms with E-state index in [2.05, 4.69) is 26.9 Å². The van der Waals surface area contributed by atoms with Crippen LogP contribution in [0.15, 0.2) is 34.9 Å². The van der Waals surface area contributed by atoms with E-state index < -0.39 is 0 Å². The van der Waals surface area contributed by atoms with E-state index >= 15 is 0 Å². The number of aromatic nitrogens is 2. The lowest BCUT2D eigenvalue weighted by atomic mass is 10.2. The van der Waals surface area contributed by atoms with Gasteiger partial charge in [0.1, 0.15) is 12.4 Å². The van der Waals surface area contributed by atoms with Crippen LogP contribution in [-0.4, -0.2) is 59.3 Å². The van der Waals surface area contributed by atoms with E-state index in [1.807, 2.05) is 30.3 Å². The van der Waals surface area contributed by atoms with Crippen molar-refractivity contribution < 1.29 is 9.26 Å². The molecule has 6 nitrogen and oxygen atoms in total. The molecular formula is C19H26N4O2. The Bertz CT molecular complexity index is 663. The Balaban J connectivity index is 1.21. The van der Waals surface area contributed by atoms with Gasteiger partial charge in [-0.1, -0.05) is 23.4 Å². The van der Waals surface area contributed by atoms with Gasteiger partial charge in [0, 0.05) is 38.6 Å². The van der Waals surface area contributed by atoms with Crippen molar-refractivity contribution in [1.82, 2.24) is 19.9 Å². The monoisotopic (exact) mass is 342 g/mol. The molecule has 25 heavy (non-hydrogen) atoms. The van der Waals surface area contributed by atoms with E-state index in [1.165, 1.54) is 12.8 Å². The van der Waals surface area contributed by atoms with Crippen molar-refractivity contribution in [3.8, 4) is 5.75 Å². The zero-order chi connectivity index (χ0) is 17.1. The quantitative estimate of drug-likeness (QED) is 0.771. The molecular weight excluding hydrogens is 316 g/mol. The topological polar surface area (TPSA) is 54.6 Å². The maximum atomic E-state index is 5.79. The van der Waals surface area contributed by atoms with Crippen LogP contribution in [0, 0.1) is 0 Å². The number of nitrogens with zero attached hydrogens (tertiary/aromatic N) is 4. The minimum atomic E-state index is 0.197. The molecule has 6 heteroatoms. The number of ether oxygens (including phenoxy) is 1. The van der Waals surface area contributed by atoms with E-state index in [-0.39, 0.29) is 6.04 Å². The maximum Gasteiger partial charge on any atom is 0.243 e. The fraction of sp³-hybridized carbons (Fsp3) is 0.579. The summed E-state index contributed by atoms with van der Waals surface area (Å²) < 4.78 is 11.3. The van der Waals surface area contributed by atoms with Crippen LogP contribution in [-0.2, 0) is 0 Å². The van der Waals surface area contributed by atoms with Crippen LogP contribution in [0.4, 0.5) is 0 Å². The molecule has 0 spiro atoms. The summed E-state index contributed by atoms with van der Waals surface area (Å²) in [5.41, 5.74) is 0. The summed E-state index contributed by atoms with van der Waals surface area (Å²) in [4.78, 5) is 9.48. The summed E-state index contributed by atoms with van der Waals surface area (Å²) in [7, 11) is 0. The first-order valence-corrected chi connectivity index (χ1v) is 9.27. The van der Waals surface area contributed by atoms with Gasteiger partial charge in [0.15, 0.2) is 5.82 Å². The highest BCUT2D eigenvalue weighted by Crippen LogP contribution is 2.38. The summed E-state index contributed by atoms with van der Waals surface area (Å²) in [6.45, 7) is 8.00. The van der Waals surface area contributed by atoms with Gasteiger partial charge in [-0.15, -0.1) is 0 Å². The zero-order valence-corrected chi connectivity index (χ0v) is 14.8. The van der Waals surface area contributed by atoms with Crippen molar-refractivity contribution in [3.05, 3.63) is 42.0 Å². The first kappa shape index (κ1) is 16.5. The number of para-hydroxylation sites is 1. The third kappa shape index (κ3) is 4.19. The lowest BCUT2D eigenvalue weighted by Gasteiger charge is -2.36. The molecule has 1 saturated heterocycles. The molecule has 4 rings (SSSR count). The molecule has 0 N–H and O–H groups in total. The second-order valence-electron chi connectivity index (χ2n) is 6.98. The fourth-order valence-electron chi connectivity index (χ4n) is 3.26. The first-order valence-electron chi connectivity index (χ1n) is 9.27. The van der Waals surface area contributed by atoms with Gasteiger partial charge in [-0.3, -0.25) is 9.80 Å². The van der Waals surface area contributed by atoms with Crippen LogP contribution in [0.5, 0.6) is 5.75 Å². The number of piperazine rings is 1. The van der Waals surface area contributed by atoms with Crippen molar-refractivity contribution in [2.24, 2.45) is 0 Å². The van der Waals surface area contributed by atoms with Gasteiger partial charge in [-0.05, 0) is 31.9 Å². The van der Waals surface area contributed by atoms with E-state index in [0.29, 0.717) is 5.92 Å². The largest absolute Gasteiger partial charge is 0.492 e. The molecule has 1 aromatic carbocycles. The molecule has 2 aliphatic rings. The Morgan fingerprint density at radius 3 is 2.64 bits per heavy atom. The molecule has 1 aromatic heterocycles. The average Bonchev–Trinajstić information content (AvgIpc) is 3.40. The second kappa shape index (κ2) is 7.54. The Labute approximate surface area is 148 Å². The molecule has 0 amide bonds. The molecule has 2 aromatic rings. The zero-order valence-electron chi connectivity index (χ0n) is 14.8. The maximum absolute atomic E-state index is 5.79. The van der Waals surface area contributed by atoms with Crippen LogP contribution in [0.2, 0.25) is 0 Å². The van der Waals surface area contributed by atoms with Gasteiger partial charge in [0.05, 0.1) is 6.04 Å². The smallest absolute Gasteiger partial charge is 0.243 e. The summed E-state index contributed by atoms with van der Waals surface area (Å²) in [6, 6.07) is 10.2. The molecule has 2 fully saturated rings. The highest BCUT2D eigenvalue weighted by molar-refractivity contribution is 5.20. The minimum Gasteiger partial charge on any atom is -0.492 e. The molecule has 0 radical (unpaired) electrons. The van der Waals surface area contributed by atoms with Crippen LogP contribution < -0.4 is 4.74 Å². The van der Waals surface area contributed by atoms with Gasteiger partial charge >= 0.3 is 0 Å². The van der Waals surface area contributed by atoms with E-state index in [4.69, 9.17) is 9.26 Å². The number of rotatable bonds is 7. The summed E-state index contributed by atoms with van der Waals surface area (Å²) in [5.74, 6) is 3.16. The van der Waals surface area contributed by atoms with Crippen LogP contribution >= 0.6 is 0 Å². The number of hydrogen-bond donors (Lipinski definition) is 0. The highest BCUT2D eigenvalue weighted by Gasteiger charge is 2.31. The Kier molecular flexibility index (Phi) is 4.99. The van der Waals surface area contributed by atoms with E-state index in [9.17, 15) is 0 Å². The molecule has 1 atom stereocenters. The molecule has 0 unspecified atom stereocenters. The highest BCUT2D eigenvalue weighted by atomic mass is 16.5. The van der Waals surface area contributed by atoms with Gasteiger partial charge < -0.3 is 9.26 Å². The van der Waals surface area contributed by atoms with Crippen molar-refractivity contribution in [2.75, 3.05) is 39.3 Å². The molecule has 2 heterocycles. The lowest BCUT2D eigenvalue weighted by Crippen LogP contribution is -2.48. The molecule has 0 bridgehead atoms. The van der Waals surface area contributed by atoms with E-state index in [1.54, 1.807) is 0 Å². The average molecular weight is 342 g/mol. The minimum absolute atomic E-state index is 0.197. The SMILES string of the molecule is C[C@@H](c1nc(C2CC2)no1)N1CCN(CCOc2ccccc2)CC1. The number of benzene rings is 1. The van der Waals surface area contributed by atoms with Gasteiger partial charge in [0.2, 0.25) is 5.89 Å². The third-order valence-electron chi connectivity index (χ3n) is 5.13. The standard InChI is InChI=1S/C19H26N4O2/c1-15(19-20-18(21-25-19)16-7-8-16)23-11-9-22(10-12-23)13-14-24-17-5-3-2-4-6-17/h2-6,15-16H,7-14H2,1H3/t15-/m0/s1. The Hall–Kier alpha value is -1.92. The summed E-state index contributed by atoms with van der Waals surface area (Å²) >= 11 is 0. The van der Waals surface area contributed by atoms with Crippen LogP contribution in [0.25, 0.3) is 0 Å².